The maximum Gasteiger partial charge on any atom is 0.169 e. The van der Waals surface area contributed by atoms with Crippen molar-refractivity contribution in [3.8, 4) is 0 Å². The Labute approximate surface area is 130 Å². The summed E-state index contributed by atoms with van der Waals surface area (Å²) in [6.07, 6.45) is 0. The summed E-state index contributed by atoms with van der Waals surface area (Å²) in [5, 5.41) is 1.67. The van der Waals surface area contributed by atoms with Crippen molar-refractivity contribution in [2.45, 2.75) is 6.04 Å². The molecule has 3 aromatic rings. The molecule has 0 bridgehead atoms. The summed E-state index contributed by atoms with van der Waals surface area (Å²) in [6, 6.07) is 11.0. The maximum absolute atomic E-state index is 13.7. The van der Waals surface area contributed by atoms with E-state index < -0.39 is 11.9 Å². The molecule has 0 radical (unpaired) electrons. The highest BCUT2D eigenvalue weighted by Crippen LogP contribution is 2.33. The third-order valence-corrected chi connectivity index (χ3v) is 3.81. The lowest BCUT2D eigenvalue weighted by Gasteiger charge is -2.15. The van der Waals surface area contributed by atoms with E-state index in [4.69, 9.17) is 33.5 Å². The first-order valence-corrected chi connectivity index (χ1v) is 6.95. The van der Waals surface area contributed by atoms with Gasteiger partial charge in [-0.1, -0.05) is 35.3 Å². The number of hydrogen-bond donors (Lipinski definition) is 2. The zero-order valence-electron chi connectivity index (χ0n) is 10.7. The van der Waals surface area contributed by atoms with Gasteiger partial charge in [0.15, 0.2) is 11.4 Å². The third-order valence-electron chi connectivity index (χ3n) is 3.24. The first kappa shape index (κ1) is 14.4. The Morgan fingerprint density at radius 1 is 1.14 bits per heavy atom. The summed E-state index contributed by atoms with van der Waals surface area (Å²) >= 11 is 12.2. The Morgan fingerprint density at radius 2 is 1.95 bits per heavy atom. The lowest BCUT2D eigenvalue weighted by molar-refractivity contribution is 0.465. The summed E-state index contributed by atoms with van der Waals surface area (Å²) in [6.45, 7) is 0. The molecular formula is C15H11Cl2FN2O. The highest BCUT2D eigenvalue weighted by Gasteiger charge is 2.21. The normalized spacial score (nSPS) is 12.8. The molecular weight excluding hydrogens is 314 g/mol. The quantitative estimate of drug-likeness (QED) is 0.553. The monoisotopic (exact) mass is 324 g/mol. The van der Waals surface area contributed by atoms with E-state index in [2.05, 4.69) is 5.43 Å². The van der Waals surface area contributed by atoms with Crippen LogP contribution in [0.25, 0.3) is 11.0 Å². The minimum atomic E-state index is -0.525. The topological polar surface area (TPSA) is 51.2 Å². The Bertz CT molecular complexity index is 803. The second-order valence-electron chi connectivity index (χ2n) is 4.57. The molecule has 0 amide bonds. The van der Waals surface area contributed by atoms with Crippen molar-refractivity contribution in [1.29, 1.82) is 0 Å². The van der Waals surface area contributed by atoms with E-state index in [9.17, 15) is 4.39 Å². The largest absolute Gasteiger partial charge is 0.456 e. The molecule has 0 saturated carbocycles. The van der Waals surface area contributed by atoms with Crippen molar-refractivity contribution in [3.05, 3.63) is 69.7 Å². The van der Waals surface area contributed by atoms with Crippen molar-refractivity contribution in [1.82, 2.24) is 5.43 Å². The molecule has 6 heteroatoms. The van der Waals surface area contributed by atoms with Crippen molar-refractivity contribution in [3.63, 3.8) is 0 Å². The average molecular weight is 325 g/mol. The number of para-hydroxylation sites is 1. The Morgan fingerprint density at radius 3 is 2.67 bits per heavy atom. The van der Waals surface area contributed by atoms with Crippen LogP contribution >= 0.6 is 23.2 Å². The first-order chi connectivity index (χ1) is 10.1. The number of nitrogens with one attached hydrogen (secondary N) is 1. The van der Waals surface area contributed by atoms with Crippen molar-refractivity contribution >= 4 is 34.2 Å². The van der Waals surface area contributed by atoms with Gasteiger partial charge in [0, 0.05) is 15.4 Å². The van der Waals surface area contributed by atoms with Gasteiger partial charge in [0.2, 0.25) is 0 Å². The Kier molecular flexibility index (Phi) is 3.87. The van der Waals surface area contributed by atoms with Crippen LogP contribution in [-0.4, -0.2) is 0 Å². The van der Waals surface area contributed by atoms with Crippen molar-refractivity contribution in [2.75, 3.05) is 0 Å². The van der Waals surface area contributed by atoms with Crippen molar-refractivity contribution < 1.29 is 8.81 Å². The van der Waals surface area contributed by atoms with Gasteiger partial charge < -0.3 is 4.42 Å². The molecule has 3 rings (SSSR count). The molecule has 1 aromatic heterocycles. The van der Waals surface area contributed by atoms with Crippen molar-refractivity contribution in [2.24, 2.45) is 5.84 Å². The van der Waals surface area contributed by atoms with Crippen LogP contribution in [0.15, 0.2) is 46.9 Å². The van der Waals surface area contributed by atoms with E-state index >= 15 is 0 Å². The highest BCUT2D eigenvalue weighted by atomic mass is 35.5. The highest BCUT2D eigenvalue weighted by molar-refractivity contribution is 6.33. The number of furan rings is 1. The first-order valence-electron chi connectivity index (χ1n) is 6.19. The third kappa shape index (κ3) is 2.63. The fourth-order valence-corrected chi connectivity index (χ4v) is 2.66. The molecule has 0 fully saturated rings. The second kappa shape index (κ2) is 5.66. The molecule has 3 N–H and O–H groups in total. The Balaban J connectivity index is 2.13. The van der Waals surface area contributed by atoms with E-state index in [-0.39, 0.29) is 5.58 Å². The lowest BCUT2D eigenvalue weighted by atomic mass is 10.0. The van der Waals surface area contributed by atoms with Crippen LogP contribution in [0.5, 0.6) is 0 Å². The minimum Gasteiger partial charge on any atom is -0.456 e. The van der Waals surface area contributed by atoms with Gasteiger partial charge in [0.25, 0.3) is 0 Å². The Hall–Kier alpha value is -1.59. The molecule has 3 nitrogen and oxygen atoms in total. The lowest BCUT2D eigenvalue weighted by Crippen LogP contribution is -2.28. The maximum atomic E-state index is 13.7. The van der Waals surface area contributed by atoms with Gasteiger partial charge in [-0.2, -0.15) is 0 Å². The standard InChI is InChI=1S/C15H11Cl2FN2O/c16-9-4-5-11(17)10(7-9)14(20-19)13-6-8-2-1-3-12(18)15(8)21-13/h1-7,14,20H,19H2. The smallest absolute Gasteiger partial charge is 0.169 e. The molecule has 0 aliphatic rings. The zero-order chi connectivity index (χ0) is 15.0. The van der Waals surface area contributed by atoms with Crippen LogP contribution in [0.3, 0.4) is 0 Å². The van der Waals surface area contributed by atoms with E-state index in [0.717, 1.165) is 0 Å². The summed E-state index contributed by atoms with van der Waals surface area (Å²) in [4.78, 5) is 0. The van der Waals surface area contributed by atoms with Gasteiger partial charge in [0.05, 0.1) is 0 Å². The average Bonchev–Trinajstić information content (AvgIpc) is 2.89. The molecule has 2 aromatic carbocycles. The van der Waals surface area contributed by atoms with Gasteiger partial charge in [-0.15, -0.1) is 0 Å². The number of rotatable bonds is 3. The SMILES string of the molecule is NNC(c1cc2cccc(F)c2o1)c1cc(Cl)ccc1Cl. The van der Waals surface area contributed by atoms with Crippen LogP contribution in [0.2, 0.25) is 10.0 Å². The number of hydrogen-bond acceptors (Lipinski definition) is 3. The zero-order valence-corrected chi connectivity index (χ0v) is 12.3. The molecule has 0 aliphatic heterocycles. The summed E-state index contributed by atoms with van der Waals surface area (Å²) in [7, 11) is 0. The number of fused-ring (bicyclic) bond motifs is 1. The molecule has 1 unspecified atom stereocenters. The molecule has 21 heavy (non-hydrogen) atoms. The molecule has 0 spiro atoms. The molecule has 1 heterocycles. The predicted molar refractivity (Wildman–Crippen MR) is 81.8 cm³/mol. The fourth-order valence-electron chi connectivity index (χ4n) is 2.25. The van der Waals surface area contributed by atoms with E-state index in [1.54, 1.807) is 36.4 Å². The van der Waals surface area contributed by atoms with Gasteiger partial charge in [-0.25, -0.2) is 9.82 Å². The van der Waals surface area contributed by atoms with E-state index in [1.165, 1.54) is 6.07 Å². The summed E-state index contributed by atoms with van der Waals surface area (Å²) in [5.74, 6) is 5.65. The van der Waals surface area contributed by atoms with Gasteiger partial charge in [-0.3, -0.25) is 5.84 Å². The predicted octanol–water partition coefficient (Wildman–Crippen LogP) is 4.43. The van der Waals surface area contributed by atoms with Gasteiger partial charge >= 0.3 is 0 Å². The molecule has 1 atom stereocenters. The van der Waals surface area contributed by atoms with Crippen LogP contribution in [0, 0.1) is 5.82 Å². The molecule has 108 valence electrons. The summed E-state index contributed by atoms with van der Waals surface area (Å²) in [5.41, 5.74) is 3.47. The second-order valence-corrected chi connectivity index (χ2v) is 5.42. The van der Waals surface area contributed by atoms with Gasteiger partial charge in [0.1, 0.15) is 11.8 Å². The number of hydrazine groups is 1. The van der Waals surface area contributed by atoms with Crippen LogP contribution in [-0.2, 0) is 0 Å². The van der Waals surface area contributed by atoms with Crippen LogP contribution < -0.4 is 11.3 Å². The fraction of sp³-hybridized carbons (Fsp3) is 0.0667. The molecule has 0 aliphatic carbocycles. The van der Waals surface area contributed by atoms with Crippen LogP contribution in [0.1, 0.15) is 17.4 Å². The van der Waals surface area contributed by atoms with E-state index in [0.29, 0.717) is 26.8 Å². The minimum absolute atomic E-state index is 0.186. The summed E-state index contributed by atoms with van der Waals surface area (Å²) < 4.78 is 19.3. The van der Waals surface area contributed by atoms with Crippen LogP contribution in [0.4, 0.5) is 4.39 Å². The number of halogens is 3. The van der Waals surface area contributed by atoms with E-state index in [1.807, 2.05) is 0 Å². The number of nitrogens with two attached hydrogens (primary N) is 1. The van der Waals surface area contributed by atoms with Gasteiger partial charge in [-0.05, 0) is 35.9 Å². The molecule has 0 saturated heterocycles. The number of benzene rings is 2.